The molecule has 0 spiro atoms. The molecule has 0 saturated carbocycles. The van der Waals surface area contributed by atoms with Crippen molar-refractivity contribution in [3.63, 3.8) is 0 Å². The van der Waals surface area contributed by atoms with Crippen molar-refractivity contribution in [1.82, 2.24) is 0 Å². The smallest absolute Gasteiger partial charge is 0.231 e. The molecule has 2 atom stereocenters. The predicted octanol–water partition coefficient (Wildman–Crippen LogP) is 2.57. The highest BCUT2D eigenvalue weighted by molar-refractivity contribution is 9.10. The molecular formula is C20H21BrNO4+. The Labute approximate surface area is 161 Å². The zero-order valence-electron chi connectivity index (χ0n) is 14.8. The number of hydrogen-bond acceptors (Lipinski definition) is 4. The van der Waals surface area contributed by atoms with Gasteiger partial charge in [-0.1, -0.05) is 28.1 Å². The second-order valence-electron chi connectivity index (χ2n) is 6.75. The van der Waals surface area contributed by atoms with E-state index in [4.69, 9.17) is 14.2 Å². The van der Waals surface area contributed by atoms with Gasteiger partial charge in [0.25, 0.3) is 0 Å². The van der Waals surface area contributed by atoms with Gasteiger partial charge in [0, 0.05) is 16.5 Å². The number of methoxy groups -OCH3 is 1. The third-order valence-corrected chi connectivity index (χ3v) is 5.76. The van der Waals surface area contributed by atoms with Crippen LogP contribution in [0.3, 0.4) is 0 Å². The highest BCUT2D eigenvalue weighted by Gasteiger charge is 2.37. The van der Waals surface area contributed by atoms with Gasteiger partial charge in [-0.05, 0) is 23.8 Å². The first-order valence-electron chi connectivity index (χ1n) is 8.69. The third kappa shape index (κ3) is 2.97. The molecule has 0 amide bonds. The predicted molar refractivity (Wildman–Crippen MR) is 100 cm³/mol. The van der Waals surface area contributed by atoms with Gasteiger partial charge in [-0.25, -0.2) is 0 Å². The Morgan fingerprint density at radius 2 is 2.08 bits per heavy atom. The zero-order valence-corrected chi connectivity index (χ0v) is 16.4. The van der Waals surface area contributed by atoms with Crippen molar-refractivity contribution < 1.29 is 23.9 Å². The number of quaternary nitrogens is 1. The maximum atomic E-state index is 12.9. The highest BCUT2D eigenvalue weighted by atomic mass is 79.9. The second-order valence-corrected chi connectivity index (χ2v) is 7.67. The number of nitrogens with one attached hydrogen (secondary N) is 1. The largest absolute Gasteiger partial charge is 0.492 e. The molecule has 0 saturated heterocycles. The van der Waals surface area contributed by atoms with Gasteiger partial charge in [0.1, 0.15) is 6.04 Å². The monoisotopic (exact) mass is 418 g/mol. The summed E-state index contributed by atoms with van der Waals surface area (Å²) in [5, 5.41) is 0. The van der Waals surface area contributed by atoms with Gasteiger partial charge in [0.15, 0.2) is 17.3 Å². The number of Topliss-reactive ketones (excluding diaryl/α,β-unsaturated/α-hetero) is 1. The van der Waals surface area contributed by atoms with Gasteiger partial charge in [0.2, 0.25) is 12.5 Å². The average molecular weight is 419 g/mol. The Balaban J connectivity index is 1.71. The summed E-state index contributed by atoms with van der Waals surface area (Å²) in [6.07, 6.45) is 1.35. The molecule has 136 valence electrons. The fourth-order valence-electron chi connectivity index (χ4n) is 3.84. The van der Waals surface area contributed by atoms with Gasteiger partial charge >= 0.3 is 0 Å². The van der Waals surface area contributed by atoms with E-state index in [0.717, 1.165) is 34.3 Å². The number of rotatable bonds is 4. The highest BCUT2D eigenvalue weighted by Crippen LogP contribution is 2.47. The molecule has 0 fully saturated rings. The van der Waals surface area contributed by atoms with Crippen molar-refractivity contribution in [3.8, 4) is 17.2 Å². The Bertz CT molecular complexity index is 850. The van der Waals surface area contributed by atoms with Crippen LogP contribution in [0.15, 0.2) is 34.8 Å². The normalized spacial score (nSPS) is 20.6. The van der Waals surface area contributed by atoms with E-state index in [0.29, 0.717) is 17.9 Å². The van der Waals surface area contributed by atoms with Crippen molar-refractivity contribution in [2.24, 2.45) is 0 Å². The number of likely N-dealkylation sites (N-methyl/N-ethyl adjacent to an activating group) is 1. The Morgan fingerprint density at radius 3 is 2.81 bits per heavy atom. The lowest BCUT2D eigenvalue weighted by atomic mass is 9.87. The lowest BCUT2D eigenvalue weighted by Crippen LogP contribution is -3.10. The van der Waals surface area contributed by atoms with Crippen LogP contribution in [0.25, 0.3) is 0 Å². The number of ketones is 1. The molecule has 4 rings (SSSR count). The van der Waals surface area contributed by atoms with E-state index >= 15 is 0 Å². The van der Waals surface area contributed by atoms with E-state index < -0.39 is 0 Å². The van der Waals surface area contributed by atoms with Gasteiger partial charge in [-0.2, -0.15) is 0 Å². The van der Waals surface area contributed by atoms with Crippen LogP contribution < -0.4 is 19.1 Å². The van der Waals surface area contributed by atoms with Crippen LogP contribution in [-0.2, 0) is 6.42 Å². The summed E-state index contributed by atoms with van der Waals surface area (Å²) in [5.74, 6) is 2.23. The van der Waals surface area contributed by atoms with Crippen LogP contribution in [0.5, 0.6) is 17.2 Å². The van der Waals surface area contributed by atoms with Gasteiger partial charge in [-0.3, -0.25) is 4.79 Å². The molecule has 2 aromatic rings. The quantitative estimate of drug-likeness (QED) is 0.775. The van der Waals surface area contributed by atoms with Crippen molar-refractivity contribution in [3.05, 3.63) is 51.5 Å². The van der Waals surface area contributed by atoms with Crippen molar-refractivity contribution in [2.45, 2.75) is 18.9 Å². The molecule has 0 bridgehead atoms. The van der Waals surface area contributed by atoms with E-state index in [1.54, 1.807) is 7.11 Å². The van der Waals surface area contributed by atoms with Crippen molar-refractivity contribution >= 4 is 21.7 Å². The molecular weight excluding hydrogens is 398 g/mol. The van der Waals surface area contributed by atoms with Crippen molar-refractivity contribution in [2.75, 3.05) is 27.5 Å². The van der Waals surface area contributed by atoms with Crippen LogP contribution in [0.1, 0.15) is 33.9 Å². The van der Waals surface area contributed by atoms with Crippen LogP contribution in [-0.4, -0.2) is 33.3 Å². The summed E-state index contributed by atoms with van der Waals surface area (Å²) >= 11 is 3.41. The lowest BCUT2D eigenvalue weighted by molar-refractivity contribution is -0.913. The molecule has 1 N–H and O–H groups in total. The lowest BCUT2D eigenvalue weighted by Gasteiger charge is -2.32. The third-order valence-electron chi connectivity index (χ3n) is 5.24. The maximum absolute atomic E-state index is 12.9. The number of carbonyl (C=O) groups is 1. The molecule has 5 nitrogen and oxygen atoms in total. The Kier molecular flexibility index (Phi) is 4.63. The van der Waals surface area contributed by atoms with E-state index in [2.05, 4.69) is 23.0 Å². The second kappa shape index (κ2) is 6.93. The number of fused-ring (bicyclic) bond motifs is 2. The standard InChI is InChI=1S/C20H20BrNO4/c1-22-8-7-13-9-17-19(26-11-25-17)20(24-2)18(13)15(22)10-16(23)12-3-5-14(21)6-4-12/h3-6,9,15H,7-8,10-11H2,1-2H3/p+1/t15-/m0/s1. The van der Waals surface area contributed by atoms with Crippen LogP contribution >= 0.6 is 15.9 Å². The molecule has 0 radical (unpaired) electrons. The summed E-state index contributed by atoms with van der Waals surface area (Å²) in [5.41, 5.74) is 2.99. The van der Waals surface area contributed by atoms with E-state index in [1.807, 2.05) is 30.3 Å². The number of halogens is 1. The van der Waals surface area contributed by atoms with E-state index in [-0.39, 0.29) is 18.6 Å². The minimum Gasteiger partial charge on any atom is -0.492 e. The van der Waals surface area contributed by atoms with Gasteiger partial charge < -0.3 is 19.1 Å². The number of hydrogen-bond donors (Lipinski definition) is 1. The number of ether oxygens (including phenoxy) is 3. The molecule has 6 heteroatoms. The fourth-order valence-corrected chi connectivity index (χ4v) is 4.10. The average Bonchev–Trinajstić information content (AvgIpc) is 3.11. The summed E-state index contributed by atoms with van der Waals surface area (Å²) < 4.78 is 17.8. The van der Waals surface area contributed by atoms with E-state index in [1.165, 1.54) is 10.5 Å². The minimum absolute atomic E-state index is 0.0272. The first-order valence-corrected chi connectivity index (χ1v) is 9.48. The molecule has 0 aromatic heterocycles. The minimum atomic E-state index is 0.0272. The van der Waals surface area contributed by atoms with Crippen LogP contribution in [0, 0.1) is 0 Å². The maximum Gasteiger partial charge on any atom is 0.231 e. The summed E-state index contributed by atoms with van der Waals surface area (Å²) in [6.45, 7) is 1.17. The molecule has 2 heterocycles. The first-order chi connectivity index (χ1) is 12.6. The first kappa shape index (κ1) is 17.4. The van der Waals surface area contributed by atoms with E-state index in [9.17, 15) is 4.79 Å². The molecule has 26 heavy (non-hydrogen) atoms. The summed E-state index contributed by atoms with van der Waals surface area (Å²) in [6, 6.07) is 9.60. The summed E-state index contributed by atoms with van der Waals surface area (Å²) in [7, 11) is 3.78. The van der Waals surface area contributed by atoms with Gasteiger partial charge in [0.05, 0.1) is 32.7 Å². The molecule has 2 aliphatic heterocycles. The fraction of sp³-hybridized carbons (Fsp3) is 0.350. The molecule has 0 aliphatic carbocycles. The van der Waals surface area contributed by atoms with Crippen molar-refractivity contribution in [1.29, 1.82) is 0 Å². The molecule has 2 aromatic carbocycles. The van der Waals surface area contributed by atoms with Crippen LogP contribution in [0.2, 0.25) is 0 Å². The Hall–Kier alpha value is -2.05. The molecule has 2 aliphatic rings. The van der Waals surface area contributed by atoms with Crippen LogP contribution in [0.4, 0.5) is 0 Å². The SMILES string of the molecule is COc1c2c(cc3c1[C@H](CC(=O)c1ccc(Br)cc1)[NH+](C)CC3)OCO2. The molecule has 1 unspecified atom stereocenters. The Morgan fingerprint density at radius 1 is 1.31 bits per heavy atom. The topological polar surface area (TPSA) is 49.2 Å². The number of benzene rings is 2. The van der Waals surface area contributed by atoms with Gasteiger partial charge in [-0.15, -0.1) is 0 Å². The number of carbonyl (C=O) groups excluding carboxylic acids is 1. The zero-order chi connectivity index (χ0) is 18.3. The summed E-state index contributed by atoms with van der Waals surface area (Å²) in [4.78, 5) is 14.2.